The summed E-state index contributed by atoms with van der Waals surface area (Å²) in [6.45, 7) is 7.88. The van der Waals surface area contributed by atoms with Crippen LogP contribution in [0.15, 0.2) is 18.2 Å². The number of benzene rings is 1. The maximum Gasteiger partial charge on any atom is 0.224 e. The summed E-state index contributed by atoms with van der Waals surface area (Å²) in [5.41, 5.74) is 3.90. The molecular formula is C19H27NO2. The van der Waals surface area contributed by atoms with Crippen molar-refractivity contribution in [2.24, 2.45) is 5.92 Å². The van der Waals surface area contributed by atoms with E-state index in [0.29, 0.717) is 17.9 Å². The van der Waals surface area contributed by atoms with Crippen LogP contribution in [0.2, 0.25) is 0 Å². The lowest BCUT2D eigenvalue weighted by atomic mass is 9.82. The standard InChI is InChI=1S/C19H27NO2/c1-4-18-13(2)11-17-12-16(15-7-9-22-10-8-15)5-6-19(17)20(18)14(3)21/h5-6,12-13,15,18H,4,7-11H2,1-3H3/t13-,18+/m1/s1. The highest BCUT2D eigenvalue weighted by atomic mass is 16.5. The van der Waals surface area contributed by atoms with Crippen LogP contribution >= 0.6 is 0 Å². The van der Waals surface area contributed by atoms with Gasteiger partial charge in [0.05, 0.1) is 0 Å². The number of carbonyl (C=O) groups excluding carboxylic acids is 1. The molecule has 0 unspecified atom stereocenters. The van der Waals surface area contributed by atoms with Crippen molar-refractivity contribution in [3.8, 4) is 0 Å². The second-order valence-electron chi connectivity index (χ2n) is 6.82. The molecule has 0 saturated carbocycles. The zero-order valence-electron chi connectivity index (χ0n) is 14.0. The number of carbonyl (C=O) groups is 1. The van der Waals surface area contributed by atoms with E-state index in [1.165, 1.54) is 11.1 Å². The average Bonchev–Trinajstić information content (AvgIpc) is 2.53. The molecule has 3 heteroatoms. The van der Waals surface area contributed by atoms with Gasteiger partial charge in [0.2, 0.25) is 5.91 Å². The Balaban J connectivity index is 1.94. The maximum atomic E-state index is 12.2. The molecule has 2 atom stereocenters. The van der Waals surface area contributed by atoms with Crippen LogP contribution in [0.3, 0.4) is 0 Å². The first-order valence-corrected chi connectivity index (χ1v) is 8.62. The lowest BCUT2D eigenvalue weighted by molar-refractivity contribution is -0.117. The molecule has 3 rings (SSSR count). The van der Waals surface area contributed by atoms with Crippen molar-refractivity contribution in [1.82, 2.24) is 0 Å². The van der Waals surface area contributed by atoms with Gasteiger partial charge in [0.1, 0.15) is 0 Å². The molecular weight excluding hydrogens is 274 g/mol. The van der Waals surface area contributed by atoms with Crippen LogP contribution in [0.5, 0.6) is 0 Å². The molecule has 1 aromatic rings. The van der Waals surface area contributed by atoms with Gasteiger partial charge in [0.25, 0.3) is 0 Å². The van der Waals surface area contributed by atoms with Crippen LogP contribution < -0.4 is 4.90 Å². The summed E-state index contributed by atoms with van der Waals surface area (Å²) >= 11 is 0. The normalized spacial score (nSPS) is 25.9. The molecule has 0 bridgehead atoms. The SMILES string of the molecule is CC[C@H]1[C@H](C)Cc2cc(C3CCOCC3)ccc2N1C(C)=O. The Bertz CT molecular complexity index is 548. The number of ether oxygens (including phenoxy) is 1. The number of rotatable bonds is 2. The molecule has 2 heterocycles. The summed E-state index contributed by atoms with van der Waals surface area (Å²) in [5, 5.41) is 0. The molecule has 0 spiro atoms. The highest BCUT2D eigenvalue weighted by Crippen LogP contribution is 2.38. The van der Waals surface area contributed by atoms with E-state index in [4.69, 9.17) is 4.74 Å². The van der Waals surface area contributed by atoms with E-state index in [-0.39, 0.29) is 5.91 Å². The van der Waals surface area contributed by atoms with E-state index >= 15 is 0 Å². The number of nitrogens with zero attached hydrogens (tertiary/aromatic N) is 1. The average molecular weight is 301 g/mol. The molecule has 2 aliphatic heterocycles. The van der Waals surface area contributed by atoms with Crippen LogP contribution in [0.25, 0.3) is 0 Å². The Morgan fingerprint density at radius 1 is 1.32 bits per heavy atom. The van der Waals surface area contributed by atoms with Crippen molar-refractivity contribution < 1.29 is 9.53 Å². The second-order valence-corrected chi connectivity index (χ2v) is 6.82. The zero-order valence-corrected chi connectivity index (χ0v) is 14.0. The molecule has 1 amide bonds. The summed E-state index contributed by atoms with van der Waals surface area (Å²) in [5.74, 6) is 1.30. The molecule has 1 fully saturated rings. The maximum absolute atomic E-state index is 12.2. The van der Waals surface area contributed by atoms with Crippen molar-refractivity contribution in [2.45, 2.75) is 58.4 Å². The Hall–Kier alpha value is -1.35. The summed E-state index contributed by atoms with van der Waals surface area (Å²) in [7, 11) is 0. The molecule has 0 N–H and O–H groups in total. The number of fused-ring (bicyclic) bond motifs is 1. The van der Waals surface area contributed by atoms with Gasteiger partial charge in [-0.05, 0) is 54.7 Å². The van der Waals surface area contributed by atoms with Crippen LogP contribution in [0, 0.1) is 5.92 Å². The fraction of sp³-hybridized carbons (Fsp3) is 0.632. The topological polar surface area (TPSA) is 29.5 Å². The molecule has 1 saturated heterocycles. The number of hydrogen-bond donors (Lipinski definition) is 0. The van der Waals surface area contributed by atoms with Gasteiger partial charge in [-0.1, -0.05) is 26.0 Å². The third kappa shape index (κ3) is 2.79. The van der Waals surface area contributed by atoms with Gasteiger partial charge in [-0.15, -0.1) is 0 Å². The van der Waals surface area contributed by atoms with E-state index in [1.54, 1.807) is 6.92 Å². The Morgan fingerprint density at radius 3 is 2.68 bits per heavy atom. The van der Waals surface area contributed by atoms with Crippen molar-refractivity contribution in [3.05, 3.63) is 29.3 Å². The van der Waals surface area contributed by atoms with Gasteiger partial charge < -0.3 is 9.64 Å². The third-order valence-corrected chi connectivity index (χ3v) is 5.34. The summed E-state index contributed by atoms with van der Waals surface area (Å²) in [6, 6.07) is 7.09. The van der Waals surface area contributed by atoms with Crippen molar-refractivity contribution in [2.75, 3.05) is 18.1 Å². The summed E-state index contributed by atoms with van der Waals surface area (Å²) in [4.78, 5) is 14.2. The van der Waals surface area contributed by atoms with Crippen LogP contribution in [-0.2, 0) is 16.0 Å². The van der Waals surface area contributed by atoms with Crippen LogP contribution in [-0.4, -0.2) is 25.2 Å². The lowest BCUT2D eigenvalue weighted by Gasteiger charge is -2.41. The fourth-order valence-corrected chi connectivity index (χ4v) is 4.19. The first-order valence-electron chi connectivity index (χ1n) is 8.62. The van der Waals surface area contributed by atoms with Gasteiger partial charge in [-0.2, -0.15) is 0 Å². The predicted molar refractivity (Wildman–Crippen MR) is 89.3 cm³/mol. The number of amides is 1. The molecule has 120 valence electrons. The molecule has 2 aliphatic rings. The van der Waals surface area contributed by atoms with E-state index in [1.807, 2.05) is 4.90 Å². The quantitative estimate of drug-likeness (QED) is 0.829. The molecule has 0 aromatic heterocycles. The first-order chi connectivity index (χ1) is 10.6. The molecule has 0 radical (unpaired) electrons. The Morgan fingerprint density at radius 2 is 2.05 bits per heavy atom. The van der Waals surface area contributed by atoms with E-state index in [9.17, 15) is 4.79 Å². The zero-order chi connectivity index (χ0) is 15.7. The fourth-order valence-electron chi connectivity index (χ4n) is 4.19. The van der Waals surface area contributed by atoms with Gasteiger partial charge in [0.15, 0.2) is 0 Å². The van der Waals surface area contributed by atoms with Crippen LogP contribution in [0.4, 0.5) is 5.69 Å². The van der Waals surface area contributed by atoms with Gasteiger partial charge >= 0.3 is 0 Å². The largest absolute Gasteiger partial charge is 0.381 e. The lowest BCUT2D eigenvalue weighted by Crippen LogP contribution is -2.46. The minimum absolute atomic E-state index is 0.165. The van der Waals surface area contributed by atoms with Crippen LogP contribution in [0.1, 0.15) is 57.1 Å². The number of anilines is 1. The van der Waals surface area contributed by atoms with Crippen molar-refractivity contribution in [3.63, 3.8) is 0 Å². The third-order valence-electron chi connectivity index (χ3n) is 5.34. The van der Waals surface area contributed by atoms with Crippen molar-refractivity contribution in [1.29, 1.82) is 0 Å². The number of hydrogen-bond acceptors (Lipinski definition) is 2. The summed E-state index contributed by atoms with van der Waals surface area (Å²) < 4.78 is 5.48. The highest BCUT2D eigenvalue weighted by molar-refractivity contribution is 5.93. The molecule has 3 nitrogen and oxygen atoms in total. The predicted octanol–water partition coefficient (Wildman–Crippen LogP) is 3.90. The molecule has 22 heavy (non-hydrogen) atoms. The molecule has 0 aliphatic carbocycles. The second kappa shape index (κ2) is 6.41. The highest BCUT2D eigenvalue weighted by Gasteiger charge is 2.33. The summed E-state index contributed by atoms with van der Waals surface area (Å²) in [6.07, 6.45) is 4.32. The minimum atomic E-state index is 0.165. The Labute approximate surface area is 133 Å². The first kappa shape index (κ1) is 15.5. The van der Waals surface area contributed by atoms with Crippen molar-refractivity contribution >= 4 is 11.6 Å². The minimum Gasteiger partial charge on any atom is -0.381 e. The molecule has 1 aromatic carbocycles. The monoisotopic (exact) mass is 301 g/mol. The van der Waals surface area contributed by atoms with E-state index in [2.05, 4.69) is 32.0 Å². The Kier molecular flexibility index (Phi) is 4.53. The van der Waals surface area contributed by atoms with Gasteiger partial charge in [-0.3, -0.25) is 4.79 Å². The van der Waals surface area contributed by atoms with Gasteiger partial charge in [0, 0.05) is 31.9 Å². The van der Waals surface area contributed by atoms with Gasteiger partial charge in [-0.25, -0.2) is 0 Å². The van der Waals surface area contributed by atoms with E-state index in [0.717, 1.165) is 44.6 Å². The smallest absolute Gasteiger partial charge is 0.224 e. The van der Waals surface area contributed by atoms with E-state index < -0.39 is 0 Å².